The second-order valence-corrected chi connectivity index (χ2v) is 7.99. The molecule has 2 rings (SSSR count). The van der Waals surface area contributed by atoms with Crippen LogP contribution in [0.2, 0.25) is 0 Å². The molecule has 0 amide bonds. The Morgan fingerprint density at radius 1 is 1.26 bits per heavy atom. The van der Waals surface area contributed by atoms with Gasteiger partial charge < -0.3 is 15.4 Å². The van der Waals surface area contributed by atoms with E-state index in [2.05, 4.69) is 78.4 Å². The van der Waals surface area contributed by atoms with Crippen molar-refractivity contribution >= 4 is 5.96 Å². The largest absolute Gasteiger partial charge is 0.497 e. The lowest BCUT2D eigenvalue weighted by atomic mass is 10.0. The van der Waals surface area contributed by atoms with E-state index in [4.69, 9.17) is 4.74 Å². The summed E-state index contributed by atoms with van der Waals surface area (Å²) in [6, 6.07) is 8.79. The highest BCUT2D eigenvalue weighted by Crippen LogP contribution is 2.24. The van der Waals surface area contributed by atoms with E-state index in [0.29, 0.717) is 0 Å². The van der Waals surface area contributed by atoms with Crippen LogP contribution in [0.4, 0.5) is 0 Å². The van der Waals surface area contributed by atoms with E-state index in [1.165, 1.54) is 16.8 Å². The molecule has 2 N–H and O–H groups in total. The lowest BCUT2D eigenvalue weighted by molar-refractivity contribution is 0.218. The van der Waals surface area contributed by atoms with Crippen molar-refractivity contribution in [3.05, 3.63) is 46.8 Å². The van der Waals surface area contributed by atoms with E-state index in [1.54, 1.807) is 7.11 Å². The number of nitrogens with one attached hydrogen (secondary N) is 2. The molecular weight excluding hydrogens is 388 g/mol. The van der Waals surface area contributed by atoms with Crippen LogP contribution in [0.1, 0.15) is 49.3 Å². The molecule has 0 radical (unpaired) electrons. The Morgan fingerprint density at radius 3 is 2.52 bits per heavy atom. The highest BCUT2D eigenvalue weighted by Gasteiger charge is 2.20. The zero-order valence-corrected chi connectivity index (χ0v) is 20.5. The van der Waals surface area contributed by atoms with Crippen LogP contribution in [0, 0.1) is 13.8 Å². The standard InChI is InChI=1S/C24H40N6O/c1-9-30(10-2)23(20-12-11-13-21(15-20)31-8)16-26-24(25-6)27-17(3)14-22-18(4)28-29(7)19(22)5/h11-13,15,17,23H,9-10,14,16H2,1-8H3,(H2,25,26,27). The summed E-state index contributed by atoms with van der Waals surface area (Å²) in [5.74, 6) is 1.69. The van der Waals surface area contributed by atoms with Gasteiger partial charge in [-0.2, -0.15) is 5.10 Å². The van der Waals surface area contributed by atoms with Crippen LogP contribution in [0.25, 0.3) is 0 Å². The number of guanidine groups is 1. The highest BCUT2D eigenvalue weighted by molar-refractivity contribution is 5.80. The van der Waals surface area contributed by atoms with Crippen molar-refractivity contribution in [3.63, 3.8) is 0 Å². The molecule has 1 aromatic carbocycles. The first-order chi connectivity index (χ1) is 14.8. The van der Waals surface area contributed by atoms with Gasteiger partial charge in [0.25, 0.3) is 0 Å². The summed E-state index contributed by atoms with van der Waals surface area (Å²) < 4.78 is 7.40. The van der Waals surface area contributed by atoms with Gasteiger partial charge in [0.15, 0.2) is 5.96 Å². The second kappa shape index (κ2) is 11.7. The number of aryl methyl sites for hydroxylation is 2. The fourth-order valence-electron chi connectivity index (χ4n) is 4.06. The first-order valence-corrected chi connectivity index (χ1v) is 11.2. The third-order valence-corrected chi connectivity index (χ3v) is 5.97. The fourth-order valence-corrected chi connectivity index (χ4v) is 4.06. The van der Waals surface area contributed by atoms with Crippen molar-refractivity contribution in [3.8, 4) is 5.75 Å². The molecule has 0 fully saturated rings. The number of nitrogens with zero attached hydrogens (tertiary/aromatic N) is 4. The van der Waals surface area contributed by atoms with Crippen molar-refractivity contribution in [2.75, 3.05) is 33.8 Å². The van der Waals surface area contributed by atoms with Gasteiger partial charge in [0.2, 0.25) is 0 Å². The van der Waals surface area contributed by atoms with Crippen molar-refractivity contribution in [2.45, 2.75) is 53.1 Å². The minimum Gasteiger partial charge on any atom is -0.497 e. The Morgan fingerprint density at radius 2 is 1.97 bits per heavy atom. The lowest BCUT2D eigenvalue weighted by Crippen LogP contribution is -2.46. The van der Waals surface area contributed by atoms with E-state index in [-0.39, 0.29) is 12.1 Å². The average Bonchev–Trinajstić information content (AvgIpc) is 3.01. The van der Waals surface area contributed by atoms with Crippen molar-refractivity contribution in [2.24, 2.45) is 12.0 Å². The number of benzene rings is 1. The molecule has 0 saturated carbocycles. The zero-order chi connectivity index (χ0) is 23.0. The summed E-state index contributed by atoms with van der Waals surface area (Å²) in [5, 5.41) is 11.6. The molecule has 7 nitrogen and oxygen atoms in total. The Bertz CT molecular complexity index is 856. The molecule has 2 unspecified atom stereocenters. The van der Waals surface area contributed by atoms with E-state index < -0.39 is 0 Å². The van der Waals surface area contributed by atoms with Crippen molar-refractivity contribution in [1.82, 2.24) is 25.3 Å². The van der Waals surface area contributed by atoms with E-state index >= 15 is 0 Å². The summed E-state index contributed by atoms with van der Waals surface area (Å²) in [6.07, 6.45) is 0.904. The van der Waals surface area contributed by atoms with Crippen LogP contribution in [-0.4, -0.2) is 60.5 Å². The third-order valence-electron chi connectivity index (χ3n) is 5.97. The Kier molecular flexibility index (Phi) is 9.37. The molecule has 0 aliphatic rings. The topological polar surface area (TPSA) is 66.7 Å². The maximum atomic E-state index is 5.45. The van der Waals surface area contributed by atoms with Gasteiger partial charge in [0, 0.05) is 32.4 Å². The van der Waals surface area contributed by atoms with Gasteiger partial charge in [-0.15, -0.1) is 0 Å². The number of aromatic nitrogens is 2. The van der Waals surface area contributed by atoms with Crippen LogP contribution in [0.15, 0.2) is 29.3 Å². The molecule has 2 atom stereocenters. The predicted molar refractivity (Wildman–Crippen MR) is 129 cm³/mol. The van der Waals surface area contributed by atoms with Gasteiger partial charge in [-0.1, -0.05) is 26.0 Å². The van der Waals surface area contributed by atoms with Crippen molar-refractivity contribution in [1.29, 1.82) is 0 Å². The number of aliphatic imine (C=N–C) groups is 1. The number of hydrogen-bond donors (Lipinski definition) is 2. The lowest BCUT2D eigenvalue weighted by Gasteiger charge is -2.31. The van der Waals surface area contributed by atoms with Gasteiger partial charge in [-0.05, 0) is 63.5 Å². The van der Waals surface area contributed by atoms with Crippen LogP contribution < -0.4 is 15.4 Å². The molecule has 0 aliphatic heterocycles. The molecule has 0 aliphatic carbocycles. The minimum atomic E-state index is 0.224. The Hall–Kier alpha value is -2.54. The zero-order valence-electron chi connectivity index (χ0n) is 20.5. The summed E-state index contributed by atoms with van der Waals surface area (Å²) in [6.45, 7) is 13.5. The van der Waals surface area contributed by atoms with E-state index in [1.807, 2.05) is 24.8 Å². The molecule has 1 heterocycles. The number of rotatable bonds is 10. The number of hydrogen-bond acceptors (Lipinski definition) is 4. The summed E-state index contributed by atoms with van der Waals surface area (Å²) in [5.41, 5.74) is 4.85. The van der Waals surface area contributed by atoms with Crippen LogP contribution in [0.5, 0.6) is 5.75 Å². The number of methoxy groups -OCH3 is 1. The Balaban J connectivity index is 2.07. The maximum absolute atomic E-state index is 5.45. The molecule has 0 saturated heterocycles. The molecule has 0 bridgehead atoms. The Labute approximate surface area is 187 Å². The quantitative estimate of drug-likeness (QED) is 0.449. The molecular formula is C24H40N6O. The van der Waals surface area contributed by atoms with Gasteiger partial charge in [0.05, 0.1) is 18.8 Å². The average molecular weight is 429 g/mol. The van der Waals surface area contributed by atoms with E-state index in [9.17, 15) is 0 Å². The molecule has 7 heteroatoms. The van der Waals surface area contributed by atoms with Gasteiger partial charge in [-0.3, -0.25) is 14.6 Å². The van der Waals surface area contributed by atoms with Crippen molar-refractivity contribution < 1.29 is 4.74 Å². The smallest absolute Gasteiger partial charge is 0.191 e. The molecule has 2 aromatic rings. The molecule has 1 aromatic heterocycles. The van der Waals surface area contributed by atoms with Crippen LogP contribution in [-0.2, 0) is 13.5 Å². The summed E-state index contributed by atoms with van der Waals surface area (Å²) in [4.78, 5) is 6.91. The minimum absolute atomic E-state index is 0.224. The second-order valence-electron chi connectivity index (χ2n) is 7.99. The van der Waals surface area contributed by atoms with Crippen LogP contribution >= 0.6 is 0 Å². The molecule has 0 spiro atoms. The fraction of sp³-hybridized carbons (Fsp3) is 0.583. The summed E-state index contributed by atoms with van der Waals surface area (Å²) >= 11 is 0. The number of likely N-dealkylation sites (N-methyl/N-ethyl adjacent to an activating group) is 1. The molecule has 172 valence electrons. The highest BCUT2D eigenvalue weighted by atomic mass is 16.5. The van der Waals surface area contributed by atoms with Gasteiger partial charge in [0.1, 0.15) is 5.75 Å². The number of ether oxygens (including phenoxy) is 1. The maximum Gasteiger partial charge on any atom is 0.191 e. The van der Waals surface area contributed by atoms with Gasteiger partial charge in [-0.25, -0.2) is 0 Å². The predicted octanol–water partition coefficient (Wildman–Crippen LogP) is 3.22. The monoisotopic (exact) mass is 428 g/mol. The first kappa shape index (κ1) is 24.7. The van der Waals surface area contributed by atoms with Crippen LogP contribution in [0.3, 0.4) is 0 Å². The molecule has 31 heavy (non-hydrogen) atoms. The SMILES string of the molecule is CCN(CC)C(CNC(=NC)NC(C)Cc1c(C)nn(C)c1C)c1cccc(OC)c1. The summed E-state index contributed by atoms with van der Waals surface area (Å²) in [7, 11) is 5.53. The van der Waals surface area contributed by atoms with Gasteiger partial charge >= 0.3 is 0 Å². The normalized spacial score (nSPS) is 13.9. The first-order valence-electron chi connectivity index (χ1n) is 11.2. The third kappa shape index (κ3) is 6.47. The van der Waals surface area contributed by atoms with E-state index in [0.717, 1.165) is 43.5 Å².